The Hall–Kier alpha value is -3.81. The standard InChI is InChI=1S/C33H33ClN4O3/c34-28-8-2-1-6-24(28)19-35-32-18-27(33(39)38-15-5-7-25(38)20-37-13-3-4-14-37)26-16-22(9-11-29(26)36-32)23-10-12-30-31(17-23)41-21-40-30/h1-2,6,8-12,16-18,25H,3-5,7,13-15,19-21H2,(H,35,36)/t25-/m0/s1. The summed E-state index contributed by atoms with van der Waals surface area (Å²) in [5.74, 6) is 2.21. The lowest BCUT2D eigenvalue weighted by Gasteiger charge is -2.29. The van der Waals surface area contributed by atoms with E-state index in [-0.39, 0.29) is 18.7 Å². The zero-order valence-electron chi connectivity index (χ0n) is 22.9. The molecule has 1 atom stereocenters. The van der Waals surface area contributed by atoms with Gasteiger partial charge in [-0.25, -0.2) is 4.98 Å². The molecule has 210 valence electrons. The quantitative estimate of drug-likeness (QED) is 0.271. The highest BCUT2D eigenvalue weighted by Crippen LogP contribution is 2.37. The molecule has 1 N–H and O–H groups in total. The van der Waals surface area contributed by atoms with Gasteiger partial charge in [-0.3, -0.25) is 4.79 Å². The Bertz CT molecular complexity index is 1600. The minimum atomic E-state index is 0.0720. The van der Waals surface area contributed by atoms with Crippen LogP contribution in [0.15, 0.2) is 66.7 Å². The molecule has 0 unspecified atom stereocenters. The first-order valence-electron chi connectivity index (χ1n) is 14.5. The van der Waals surface area contributed by atoms with Gasteiger partial charge in [-0.15, -0.1) is 0 Å². The smallest absolute Gasteiger partial charge is 0.254 e. The van der Waals surface area contributed by atoms with Crippen LogP contribution in [0.2, 0.25) is 5.02 Å². The Labute approximate surface area is 245 Å². The summed E-state index contributed by atoms with van der Waals surface area (Å²) >= 11 is 6.41. The summed E-state index contributed by atoms with van der Waals surface area (Å²) < 4.78 is 11.1. The number of ether oxygens (including phenoxy) is 2. The summed E-state index contributed by atoms with van der Waals surface area (Å²) in [6.45, 7) is 4.75. The Morgan fingerprint density at radius 1 is 0.927 bits per heavy atom. The van der Waals surface area contributed by atoms with Crippen LogP contribution in [-0.4, -0.2) is 59.7 Å². The number of hydrogen-bond donors (Lipinski definition) is 1. The van der Waals surface area contributed by atoms with Crippen LogP contribution in [0, 0.1) is 0 Å². The van der Waals surface area contributed by atoms with Crippen LogP contribution < -0.4 is 14.8 Å². The first-order valence-corrected chi connectivity index (χ1v) is 14.9. The fourth-order valence-electron chi connectivity index (χ4n) is 6.29. The molecular weight excluding hydrogens is 536 g/mol. The molecule has 3 aliphatic rings. The Kier molecular flexibility index (Phi) is 7.15. The molecule has 2 fully saturated rings. The van der Waals surface area contributed by atoms with Gasteiger partial charge in [0.2, 0.25) is 6.79 Å². The lowest BCUT2D eigenvalue weighted by Crippen LogP contribution is -2.42. The molecule has 8 heteroatoms. The van der Waals surface area contributed by atoms with Crippen molar-refractivity contribution in [3.63, 3.8) is 0 Å². The maximum Gasteiger partial charge on any atom is 0.254 e. The average molecular weight is 569 g/mol. The van der Waals surface area contributed by atoms with Gasteiger partial charge in [0.25, 0.3) is 5.91 Å². The van der Waals surface area contributed by atoms with Crippen molar-refractivity contribution in [2.24, 2.45) is 0 Å². The number of carbonyl (C=O) groups excluding carboxylic acids is 1. The predicted octanol–water partition coefficient (Wildman–Crippen LogP) is 6.60. The van der Waals surface area contributed by atoms with Gasteiger partial charge in [-0.1, -0.05) is 41.9 Å². The molecule has 4 aromatic rings. The number of hydrogen-bond acceptors (Lipinski definition) is 6. The highest BCUT2D eigenvalue weighted by Gasteiger charge is 2.32. The Morgan fingerprint density at radius 3 is 2.61 bits per heavy atom. The van der Waals surface area contributed by atoms with Gasteiger partial charge < -0.3 is 24.6 Å². The molecule has 1 aromatic heterocycles. The number of benzene rings is 3. The molecule has 41 heavy (non-hydrogen) atoms. The largest absolute Gasteiger partial charge is 0.454 e. The number of amides is 1. The molecule has 0 aliphatic carbocycles. The predicted molar refractivity (Wildman–Crippen MR) is 162 cm³/mol. The number of nitrogens with zero attached hydrogens (tertiary/aromatic N) is 3. The zero-order chi connectivity index (χ0) is 27.8. The molecule has 3 aliphatic heterocycles. The van der Waals surface area contributed by atoms with Crippen molar-refractivity contribution in [1.29, 1.82) is 0 Å². The highest BCUT2D eigenvalue weighted by molar-refractivity contribution is 6.31. The normalized spacial score (nSPS) is 18.4. The summed E-state index contributed by atoms with van der Waals surface area (Å²) in [5, 5.41) is 4.97. The monoisotopic (exact) mass is 568 g/mol. The summed E-state index contributed by atoms with van der Waals surface area (Å²) in [5.41, 5.74) is 4.43. The average Bonchev–Trinajstić information content (AvgIpc) is 3.78. The zero-order valence-corrected chi connectivity index (χ0v) is 23.7. The minimum Gasteiger partial charge on any atom is -0.454 e. The summed E-state index contributed by atoms with van der Waals surface area (Å²) in [4.78, 5) is 23.8. The van der Waals surface area contributed by atoms with Crippen LogP contribution in [0.3, 0.4) is 0 Å². The topological polar surface area (TPSA) is 66.9 Å². The molecule has 0 radical (unpaired) electrons. The van der Waals surface area contributed by atoms with Crippen molar-refractivity contribution in [3.8, 4) is 22.6 Å². The van der Waals surface area contributed by atoms with E-state index < -0.39 is 0 Å². The van der Waals surface area contributed by atoms with Gasteiger partial charge in [0.15, 0.2) is 11.5 Å². The third-order valence-corrected chi connectivity index (χ3v) is 8.84. The number of nitrogens with one attached hydrogen (secondary N) is 1. The number of aromatic nitrogens is 1. The number of likely N-dealkylation sites (tertiary alicyclic amines) is 2. The number of carbonyl (C=O) groups is 1. The molecule has 0 saturated carbocycles. The third-order valence-electron chi connectivity index (χ3n) is 8.47. The van der Waals surface area contributed by atoms with Gasteiger partial charge in [0, 0.05) is 36.1 Å². The van der Waals surface area contributed by atoms with E-state index in [1.54, 1.807) is 0 Å². The summed E-state index contributed by atoms with van der Waals surface area (Å²) in [6, 6.07) is 22.0. The van der Waals surface area contributed by atoms with E-state index in [2.05, 4.69) is 21.2 Å². The second kappa shape index (κ2) is 11.2. The van der Waals surface area contributed by atoms with Crippen LogP contribution in [0.1, 0.15) is 41.6 Å². The van der Waals surface area contributed by atoms with Gasteiger partial charge in [0.1, 0.15) is 5.82 Å². The SMILES string of the molecule is O=C(c1cc(NCc2ccccc2Cl)nc2ccc(-c3ccc4c(c3)OCO4)cc12)N1CCC[C@H]1CN1CCCC1. The van der Waals surface area contributed by atoms with Crippen LogP contribution in [0.5, 0.6) is 11.5 Å². The van der Waals surface area contributed by atoms with E-state index >= 15 is 0 Å². The lowest BCUT2D eigenvalue weighted by atomic mass is 9.99. The molecule has 1 amide bonds. The molecular formula is C33H33ClN4O3. The number of pyridine rings is 1. The number of anilines is 1. The van der Waals surface area contributed by atoms with Crippen LogP contribution in [-0.2, 0) is 6.54 Å². The third kappa shape index (κ3) is 5.32. The molecule has 2 saturated heterocycles. The van der Waals surface area contributed by atoms with Crippen LogP contribution in [0.4, 0.5) is 5.82 Å². The molecule has 0 bridgehead atoms. The fraction of sp³-hybridized carbons (Fsp3) is 0.333. The summed E-state index contributed by atoms with van der Waals surface area (Å²) in [6.07, 6.45) is 4.58. The van der Waals surface area contributed by atoms with Crippen LogP contribution >= 0.6 is 11.6 Å². The van der Waals surface area contributed by atoms with E-state index in [0.717, 1.165) is 78.1 Å². The first-order chi connectivity index (χ1) is 20.1. The molecule has 7 rings (SSSR count). The van der Waals surface area contributed by atoms with E-state index in [4.69, 9.17) is 26.1 Å². The second-order valence-corrected chi connectivity index (χ2v) is 11.5. The van der Waals surface area contributed by atoms with Crippen molar-refractivity contribution in [2.75, 3.05) is 38.3 Å². The van der Waals surface area contributed by atoms with Crippen molar-refractivity contribution >= 4 is 34.2 Å². The molecule has 0 spiro atoms. The Morgan fingerprint density at radius 2 is 1.73 bits per heavy atom. The lowest BCUT2D eigenvalue weighted by molar-refractivity contribution is 0.0710. The summed E-state index contributed by atoms with van der Waals surface area (Å²) in [7, 11) is 0. The maximum absolute atomic E-state index is 14.3. The van der Waals surface area contributed by atoms with E-state index in [1.165, 1.54) is 12.8 Å². The van der Waals surface area contributed by atoms with Gasteiger partial charge in [-0.2, -0.15) is 0 Å². The van der Waals surface area contributed by atoms with Crippen molar-refractivity contribution < 1.29 is 14.3 Å². The first kappa shape index (κ1) is 26.1. The van der Waals surface area contributed by atoms with Gasteiger partial charge in [0.05, 0.1) is 11.1 Å². The molecule has 4 heterocycles. The highest BCUT2D eigenvalue weighted by atomic mass is 35.5. The maximum atomic E-state index is 14.3. The van der Waals surface area contributed by atoms with Crippen molar-refractivity contribution in [3.05, 3.63) is 82.9 Å². The fourth-order valence-corrected chi connectivity index (χ4v) is 6.49. The van der Waals surface area contributed by atoms with Crippen LogP contribution in [0.25, 0.3) is 22.0 Å². The van der Waals surface area contributed by atoms with Crippen molar-refractivity contribution in [1.82, 2.24) is 14.8 Å². The van der Waals surface area contributed by atoms with Crippen molar-refractivity contribution in [2.45, 2.75) is 38.3 Å². The van der Waals surface area contributed by atoms with E-state index in [9.17, 15) is 4.79 Å². The number of fused-ring (bicyclic) bond motifs is 2. The van der Waals surface area contributed by atoms with Gasteiger partial charge >= 0.3 is 0 Å². The number of halogens is 1. The Balaban J connectivity index is 1.25. The minimum absolute atomic E-state index is 0.0720. The molecule has 7 nitrogen and oxygen atoms in total. The number of rotatable bonds is 7. The molecule has 3 aromatic carbocycles. The van der Waals surface area contributed by atoms with Gasteiger partial charge in [-0.05, 0) is 91.9 Å². The second-order valence-electron chi connectivity index (χ2n) is 11.1. The van der Waals surface area contributed by atoms with E-state index in [1.807, 2.05) is 60.7 Å². The van der Waals surface area contributed by atoms with E-state index in [0.29, 0.717) is 22.9 Å².